The SMILES string of the molecule is CCc1ccc(CN(Cc2cccnc2)C(=O)C(C)Oc2ccc(OC)cc2)cc1. The molecule has 0 fully saturated rings. The molecular weight excluding hydrogens is 376 g/mol. The summed E-state index contributed by atoms with van der Waals surface area (Å²) in [5.74, 6) is 1.30. The number of hydrogen-bond acceptors (Lipinski definition) is 4. The van der Waals surface area contributed by atoms with Gasteiger partial charge in [-0.2, -0.15) is 0 Å². The maximum absolute atomic E-state index is 13.3. The average molecular weight is 405 g/mol. The van der Waals surface area contributed by atoms with Crippen LogP contribution in [-0.2, 0) is 24.3 Å². The van der Waals surface area contributed by atoms with E-state index < -0.39 is 6.10 Å². The van der Waals surface area contributed by atoms with Gasteiger partial charge in [-0.05, 0) is 60.4 Å². The van der Waals surface area contributed by atoms with Gasteiger partial charge in [-0.3, -0.25) is 9.78 Å². The Bertz CT molecular complexity index is 925. The third-order valence-corrected chi connectivity index (χ3v) is 4.93. The number of carbonyl (C=O) groups is 1. The number of benzene rings is 2. The molecule has 0 bridgehead atoms. The Hall–Kier alpha value is -3.34. The van der Waals surface area contributed by atoms with Gasteiger partial charge in [0.2, 0.25) is 0 Å². The van der Waals surface area contributed by atoms with Gasteiger partial charge in [-0.25, -0.2) is 0 Å². The second-order valence-electron chi connectivity index (χ2n) is 7.16. The van der Waals surface area contributed by atoms with E-state index in [1.165, 1.54) is 5.56 Å². The summed E-state index contributed by atoms with van der Waals surface area (Å²) in [6, 6.07) is 19.5. The van der Waals surface area contributed by atoms with Gasteiger partial charge >= 0.3 is 0 Å². The number of carbonyl (C=O) groups excluding carboxylic acids is 1. The highest BCUT2D eigenvalue weighted by molar-refractivity contribution is 5.81. The summed E-state index contributed by atoms with van der Waals surface area (Å²) in [6.45, 7) is 4.89. The molecular formula is C25H28N2O3. The molecule has 5 nitrogen and oxygen atoms in total. The molecule has 2 aromatic carbocycles. The lowest BCUT2D eigenvalue weighted by molar-refractivity contribution is -0.139. The second-order valence-corrected chi connectivity index (χ2v) is 7.16. The number of nitrogens with zero attached hydrogens (tertiary/aromatic N) is 2. The largest absolute Gasteiger partial charge is 0.497 e. The Kier molecular flexibility index (Phi) is 7.44. The fourth-order valence-electron chi connectivity index (χ4n) is 3.19. The van der Waals surface area contributed by atoms with Crippen molar-refractivity contribution in [3.63, 3.8) is 0 Å². The van der Waals surface area contributed by atoms with Crippen molar-refractivity contribution >= 4 is 5.91 Å². The van der Waals surface area contributed by atoms with Crippen LogP contribution in [0, 0.1) is 0 Å². The van der Waals surface area contributed by atoms with E-state index in [9.17, 15) is 4.79 Å². The van der Waals surface area contributed by atoms with Crippen molar-refractivity contribution in [2.45, 2.75) is 39.5 Å². The first-order valence-electron chi connectivity index (χ1n) is 10.1. The fraction of sp³-hybridized carbons (Fsp3) is 0.280. The van der Waals surface area contributed by atoms with E-state index in [1.807, 2.05) is 29.2 Å². The van der Waals surface area contributed by atoms with E-state index in [2.05, 4.69) is 36.2 Å². The smallest absolute Gasteiger partial charge is 0.263 e. The molecule has 5 heteroatoms. The summed E-state index contributed by atoms with van der Waals surface area (Å²) < 4.78 is 11.1. The van der Waals surface area contributed by atoms with Gasteiger partial charge in [-0.1, -0.05) is 37.3 Å². The molecule has 0 saturated heterocycles. The lowest BCUT2D eigenvalue weighted by atomic mass is 10.1. The van der Waals surface area contributed by atoms with Crippen molar-refractivity contribution in [2.75, 3.05) is 7.11 Å². The molecule has 1 unspecified atom stereocenters. The predicted molar refractivity (Wildman–Crippen MR) is 117 cm³/mol. The van der Waals surface area contributed by atoms with Crippen LogP contribution in [0.2, 0.25) is 0 Å². The number of amides is 1. The van der Waals surface area contributed by atoms with Crippen LogP contribution in [-0.4, -0.2) is 29.0 Å². The first-order chi connectivity index (χ1) is 14.6. The molecule has 1 amide bonds. The van der Waals surface area contributed by atoms with Crippen molar-refractivity contribution in [3.8, 4) is 11.5 Å². The van der Waals surface area contributed by atoms with Crippen LogP contribution >= 0.6 is 0 Å². The Morgan fingerprint density at radius 3 is 2.17 bits per heavy atom. The number of hydrogen-bond donors (Lipinski definition) is 0. The van der Waals surface area contributed by atoms with E-state index >= 15 is 0 Å². The van der Waals surface area contributed by atoms with Gasteiger partial charge in [0.05, 0.1) is 7.11 Å². The summed E-state index contributed by atoms with van der Waals surface area (Å²) in [6.07, 6.45) is 3.89. The fourth-order valence-corrected chi connectivity index (χ4v) is 3.19. The van der Waals surface area contributed by atoms with Gasteiger partial charge in [0.25, 0.3) is 5.91 Å². The number of aryl methyl sites for hydroxylation is 1. The minimum Gasteiger partial charge on any atom is -0.497 e. The van der Waals surface area contributed by atoms with Crippen LogP contribution < -0.4 is 9.47 Å². The molecule has 0 spiro atoms. The third-order valence-electron chi connectivity index (χ3n) is 4.93. The van der Waals surface area contributed by atoms with Crippen LogP contribution in [0.25, 0.3) is 0 Å². The van der Waals surface area contributed by atoms with Crippen molar-refractivity contribution in [1.29, 1.82) is 0 Å². The third kappa shape index (κ3) is 5.83. The van der Waals surface area contributed by atoms with E-state index in [0.29, 0.717) is 18.8 Å². The van der Waals surface area contributed by atoms with Gasteiger partial charge < -0.3 is 14.4 Å². The standard InChI is InChI=1S/C25H28N2O3/c1-4-20-7-9-21(10-8-20)17-27(18-22-6-5-15-26-16-22)25(28)19(2)30-24-13-11-23(29-3)12-14-24/h5-16,19H,4,17-18H2,1-3H3. The van der Waals surface area contributed by atoms with Gasteiger partial charge in [0, 0.05) is 25.5 Å². The van der Waals surface area contributed by atoms with E-state index in [4.69, 9.17) is 9.47 Å². The van der Waals surface area contributed by atoms with Crippen LogP contribution in [0.4, 0.5) is 0 Å². The summed E-state index contributed by atoms with van der Waals surface area (Å²) in [5.41, 5.74) is 3.34. The summed E-state index contributed by atoms with van der Waals surface area (Å²) in [4.78, 5) is 19.2. The highest BCUT2D eigenvalue weighted by Gasteiger charge is 2.23. The molecule has 0 aliphatic rings. The average Bonchev–Trinajstić information content (AvgIpc) is 2.79. The number of aromatic nitrogens is 1. The maximum Gasteiger partial charge on any atom is 0.263 e. The molecule has 1 aromatic heterocycles. The molecule has 1 heterocycles. The molecule has 3 aromatic rings. The molecule has 0 radical (unpaired) electrons. The molecule has 0 N–H and O–H groups in total. The Labute approximate surface area is 178 Å². The summed E-state index contributed by atoms with van der Waals surface area (Å²) in [5, 5.41) is 0. The molecule has 156 valence electrons. The van der Waals surface area contributed by atoms with E-state index in [0.717, 1.165) is 23.3 Å². The van der Waals surface area contributed by atoms with Crippen molar-refractivity contribution in [3.05, 3.63) is 89.7 Å². The lowest BCUT2D eigenvalue weighted by Gasteiger charge is -2.26. The number of ether oxygens (including phenoxy) is 2. The minimum atomic E-state index is -0.620. The number of rotatable bonds is 9. The highest BCUT2D eigenvalue weighted by Crippen LogP contribution is 2.20. The Morgan fingerprint density at radius 1 is 0.933 bits per heavy atom. The normalized spacial score (nSPS) is 11.6. The Morgan fingerprint density at radius 2 is 1.57 bits per heavy atom. The molecule has 3 rings (SSSR count). The predicted octanol–water partition coefficient (Wildman–Crippen LogP) is 4.65. The molecule has 0 aliphatic heterocycles. The summed E-state index contributed by atoms with van der Waals surface area (Å²) in [7, 11) is 1.62. The van der Waals surface area contributed by atoms with Crippen LogP contribution in [0.5, 0.6) is 11.5 Å². The van der Waals surface area contributed by atoms with Crippen LogP contribution in [0.15, 0.2) is 73.1 Å². The number of pyridine rings is 1. The quantitative estimate of drug-likeness (QED) is 0.521. The number of methoxy groups -OCH3 is 1. The minimum absolute atomic E-state index is 0.0748. The maximum atomic E-state index is 13.3. The van der Waals surface area contributed by atoms with Crippen LogP contribution in [0.3, 0.4) is 0 Å². The van der Waals surface area contributed by atoms with Gasteiger partial charge in [0.1, 0.15) is 11.5 Å². The van der Waals surface area contributed by atoms with Crippen molar-refractivity contribution in [2.24, 2.45) is 0 Å². The molecule has 30 heavy (non-hydrogen) atoms. The first-order valence-corrected chi connectivity index (χ1v) is 10.1. The lowest BCUT2D eigenvalue weighted by Crippen LogP contribution is -2.39. The van der Waals surface area contributed by atoms with E-state index in [-0.39, 0.29) is 5.91 Å². The Balaban J connectivity index is 1.75. The highest BCUT2D eigenvalue weighted by atomic mass is 16.5. The molecule has 1 atom stereocenters. The van der Waals surface area contributed by atoms with E-state index in [1.54, 1.807) is 38.6 Å². The monoisotopic (exact) mass is 404 g/mol. The molecule has 0 aliphatic carbocycles. The first kappa shape index (κ1) is 21.4. The van der Waals surface area contributed by atoms with Crippen LogP contribution in [0.1, 0.15) is 30.5 Å². The van der Waals surface area contributed by atoms with Crippen molar-refractivity contribution < 1.29 is 14.3 Å². The summed E-state index contributed by atoms with van der Waals surface area (Å²) >= 11 is 0. The zero-order valence-corrected chi connectivity index (χ0v) is 17.7. The molecule has 0 saturated carbocycles. The van der Waals surface area contributed by atoms with Gasteiger partial charge in [0.15, 0.2) is 6.10 Å². The second kappa shape index (κ2) is 10.4. The van der Waals surface area contributed by atoms with Crippen molar-refractivity contribution in [1.82, 2.24) is 9.88 Å². The zero-order chi connectivity index (χ0) is 21.3. The topological polar surface area (TPSA) is 51.7 Å². The van der Waals surface area contributed by atoms with Gasteiger partial charge in [-0.15, -0.1) is 0 Å². The zero-order valence-electron chi connectivity index (χ0n) is 17.7.